The van der Waals surface area contributed by atoms with Crippen LogP contribution < -0.4 is 5.32 Å². The van der Waals surface area contributed by atoms with E-state index in [0.29, 0.717) is 6.54 Å². The van der Waals surface area contributed by atoms with E-state index in [9.17, 15) is 20.0 Å². The zero-order valence-corrected chi connectivity index (χ0v) is 12.1. The smallest absolute Gasteiger partial charge is 0.287 e. The Balaban J connectivity index is 1.96. The topological polar surface area (TPSA) is 97.4 Å². The van der Waals surface area contributed by atoms with Crippen molar-refractivity contribution in [1.82, 2.24) is 9.88 Å². The number of hydrogen-bond donors (Lipinski definition) is 2. The first-order chi connectivity index (χ1) is 10.0. The average molecular weight is 295 g/mol. The van der Waals surface area contributed by atoms with Crippen molar-refractivity contribution in [3.05, 3.63) is 28.1 Å². The fourth-order valence-electron chi connectivity index (χ4n) is 2.98. The molecule has 1 heterocycles. The van der Waals surface area contributed by atoms with Gasteiger partial charge in [0.1, 0.15) is 5.69 Å². The Kier molecular flexibility index (Phi) is 4.95. The van der Waals surface area contributed by atoms with Crippen LogP contribution in [0.5, 0.6) is 0 Å². The highest BCUT2D eigenvalue weighted by molar-refractivity contribution is 5.93. The molecular weight excluding hydrogens is 274 g/mol. The number of carbonyl (C=O) groups is 1. The minimum absolute atomic E-state index is 0.0893. The summed E-state index contributed by atoms with van der Waals surface area (Å²) < 4.78 is 1.46. The highest BCUT2D eigenvalue weighted by atomic mass is 16.6. The molecule has 1 amide bonds. The Bertz CT molecular complexity index is 526. The second-order valence-corrected chi connectivity index (χ2v) is 5.65. The molecule has 1 aliphatic carbocycles. The lowest BCUT2D eigenvalue weighted by Gasteiger charge is -2.30. The van der Waals surface area contributed by atoms with Crippen molar-refractivity contribution in [1.29, 1.82) is 0 Å². The first-order valence-electron chi connectivity index (χ1n) is 7.22. The Hall–Kier alpha value is -1.89. The number of hydrogen-bond acceptors (Lipinski definition) is 4. The van der Waals surface area contributed by atoms with E-state index in [1.165, 1.54) is 16.8 Å². The number of nitro groups is 1. The normalized spacial score (nSPS) is 22.0. The van der Waals surface area contributed by atoms with Crippen LogP contribution in [0, 0.1) is 22.0 Å². The van der Waals surface area contributed by atoms with Crippen molar-refractivity contribution in [2.75, 3.05) is 13.2 Å². The third-order valence-corrected chi connectivity index (χ3v) is 4.26. The van der Waals surface area contributed by atoms with Gasteiger partial charge in [-0.3, -0.25) is 14.9 Å². The zero-order chi connectivity index (χ0) is 15.4. The van der Waals surface area contributed by atoms with Crippen molar-refractivity contribution >= 4 is 11.6 Å². The van der Waals surface area contributed by atoms with Crippen LogP contribution in [0.1, 0.15) is 36.2 Å². The summed E-state index contributed by atoms with van der Waals surface area (Å²) in [5.41, 5.74) is 0.187. The van der Waals surface area contributed by atoms with E-state index >= 15 is 0 Å². The highest BCUT2D eigenvalue weighted by Gasteiger charge is 2.25. The number of aromatic nitrogens is 1. The van der Waals surface area contributed by atoms with Crippen molar-refractivity contribution in [3.8, 4) is 0 Å². The molecule has 2 rings (SSSR count). The second-order valence-electron chi connectivity index (χ2n) is 5.65. The Labute approximate surface area is 123 Å². The average Bonchev–Trinajstić information content (AvgIpc) is 2.87. The molecule has 0 bridgehead atoms. The fourth-order valence-corrected chi connectivity index (χ4v) is 2.98. The molecule has 0 saturated heterocycles. The number of carbonyl (C=O) groups excluding carboxylic acids is 1. The lowest BCUT2D eigenvalue weighted by atomic mass is 9.79. The molecule has 1 aliphatic rings. The molecule has 2 atom stereocenters. The molecule has 2 N–H and O–H groups in total. The molecule has 0 aliphatic heterocycles. The lowest BCUT2D eigenvalue weighted by Crippen LogP contribution is -2.36. The van der Waals surface area contributed by atoms with Gasteiger partial charge in [-0.15, -0.1) is 0 Å². The van der Waals surface area contributed by atoms with Gasteiger partial charge in [-0.1, -0.05) is 12.8 Å². The molecule has 7 nitrogen and oxygen atoms in total. The van der Waals surface area contributed by atoms with Crippen LogP contribution in [0.15, 0.2) is 12.3 Å². The summed E-state index contributed by atoms with van der Waals surface area (Å²) in [6.45, 7) is 0.652. The monoisotopic (exact) mass is 295 g/mol. The van der Waals surface area contributed by atoms with Gasteiger partial charge in [0.15, 0.2) is 0 Å². The van der Waals surface area contributed by atoms with Crippen LogP contribution in [0.2, 0.25) is 0 Å². The summed E-state index contributed by atoms with van der Waals surface area (Å²) in [7, 11) is 1.61. The van der Waals surface area contributed by atoms with E-state index in [2.05, 4.69) is 5.32 Å². The number of aryl methyl sites for hydroxylation is 1. The quantitative estimate of drug-likeness (QED) is 0.634. The molecule has 1 saturated carbocycles. The van der Waals surface area contributed by atoms with Crippen LogP contribution >= 0.6 is 0 Å². The zero-order valence-electron chi connectivity index (χ0n) is 12.1. The van der Waals surface area contributed by atoms with E-state index in [1.807, 2.05) is 0 Å². The number of amides is 1. The SMILES string of the molecule is Cn1cc([N+](=O)[O-])cc1C(=O)NCC1CCCCC1CO. The maximum atomic E-state index is 12.1. The maximum Gasteiger partial charge on any atom is 0.287 e. The van der Waals surface area contributed by atoms with Crippen molar-refractivity contribution < 1.29 is 14.8 Å². The molecule has 0 aromatic carbocycles. The lowest BCUT2D eigenvalue weighted by molar-refractivity contribution is -0.384. The van der Waals surface area contributed by atoms with Crippen LogP contribution in [-0.4, -0.2) is 33.7 Å². The molecular formula is C14H21N3O4. The molecule has 7 heteroatoms. The molecule has 116 valence electrons. The Morgan fingerprint density at radius 1 is 1.48 bits per heavy atom. The van der Waals surface area contributed by atoms with Crippen molar-refractivity contribution in [3.63, 3.8) is 0 Å². The second kappa shape index (κ2) is 6.71. The molecule has 1 fully saturated rings. The minimum atomic E-state index is -0.514. The van der Waals surface area contributed by atoms with Gasteiger partial charge in [0, 0.05) is 26.3 Å². The van der Waals surface area contributed by atoms with Gasteiger partial charge < -0.3 is 15.0 Å². The third-order valence-electron chi connectivity index (χ3n) is 4.26. The molecule has 2 unspecified atom stereocenters. The minimum Gasteiger partial charge on any atom is -0.396 e. The molecule has 0 spiro atoms. The van der Waals surface area contributed by atoms with Gasteiger partial charge in [-0.25, -0.2) is 0 Å². The van der Waals surface area contributed by atoms with E-state index in [1.54, 1.807) is 7.05 Å². The standard InChI is InChI=1S/C14H21N3O4/c1-16-8-12(17(20)21)6-13(16)14(19)15-7-10-4-2-3-5-11(10)9-18/h6,8,10-11,18H,2-5,7,9H2,1H3,(H,15,19). The van der Waals surface area contributed by atoms with Gasteiger partial charge in [0.2, 0.25) is 0 Å². The van der Waals surface area contributed by atoms with E-state index in [4.69, 9.17) is 0 Å². The predicted octanol–water partition coefficient (Wildman–Crippen LogP) is 1.46. The van der Waals surface area contributed by atoms with Crippen LogP contribution in [0.25, 0.3) is 0 Å². The Morgan fingerprint density at radius 3 is 2.71 bits per heavy atom. The van der Waals surface area contributed by atoms with Gasteiger partial charge in [0.25, 0.3) is 11.6 Å². The number of rotatable bonds is 5. The largest absolute Gasteiger partial charge is 0.396 e. The van der Waals surface area contributed by atoms with Gasteiger partial charge in [-0.2, -0.15) is 0 Å². The van der Waals surface area contributed by atoms with Gasteiger partial charge in [0.05, 0.1) is 11.1 Å². The van der Waals surface area contributed by atoms with E-state index in [-0.39, 0.29) is 35.7 Å². The maximum absolute atomic E-state index is 12.1. The highest BCUT2D eigenvalue weighted by Crippen LogP contribution is 2.29. The van der Waals surface area contributed by atoms with Crippen molar-refractivity contribution in [2.45, 2.75) is 25.7 Å². The number of aliphatic hydroxyl groups is 1. The first-order valence-corrected chi connectivity index (χ1v) is 7.22. The summed E-state index contributed by atoms with van der Waals surface area (Å²) >= 11 is 0. The van der Waals surface area contributed by atoms with Gasteiger partial charge >= 0.3 is 0 Å². The predicted molar refractivity (Wildman–Crippen MR) is 76.9 cm³/mol. The van der Waals surface area contributed by atoms with Crippen LogP contribution in [-0.2, 0) is 7.05 Å². The Morgan fingerprint density at radius 2 is 2.14 bits per heavy atom. The molecule has 1 aromatic rings. The fraction of sp³-hybridized carbons (Fsp3) is 0.643. The molecule has 21 heavy (non-hydrogen) atoms. The van der Waals surface area contributed by atoms with Crippen molar-refractivity contribution in [2.24, 2.45) is 18.9 Å². The summed E-state index contributed by atoms with van der Waals surface area (Å²) in [6, 6.07) is 1.28. The van der Waals surface area contributed by atoms with Gasteiger partial charge in [-0.05, 0) is 24.7 Å². The number of nitrogens with one attached hydrogen (secondary N) is 1. The van der Waals surface area contributed by atoms with E-state index in [0.717, 1.165) is 25.7 Å². The number of nitrogens with zero attached hydrogens (tertiary/aromatic N) is 2. The van der Waals surface area contributed by atoms with E-state index < -0.39 is 4.92 Å². The van der Waals surface area contributed by atoms with Crippen LogP contribution in [0.3, 0.4) is 0 Å². The summed E-state index contributed by atoms with van der Waals surface area (Å²) in [6.07, 6.45) is 5.56. The summed E-state index contributed by atoms with van der Waals surface area (Å²) in [4.78, 5) is 22.3. The first kappa shape index (κ1) is 15.5. The summed E-state index contributed by atoms with van der Waals surface area (Å²) in [5, 5.41) is 22.9. The summed E-state index contributed by atoms with van der Waals surface area (Å²) in [5.74, 6) is 0.206. The number of aliphatic hydroxyl groups excluding tert-OH is 1. The molecule has 1 aromatic heterocycles. The van der Waals surface area contributed by atoms with Crippen LogP contribution in [0.4, 0.5) is 5.69 Å². The third kappa shape index (κ3) is 3.60. The molecule has 0 radical (unpaired) electrons.